The summed E-state index contributed by atoms with van der Waals surface area (Å²) < 4.78 is 0.861. The maximum absolute atomic E-state index is 4.51. The summed E-state index contributed by atoms with van der Waals surface area (Å²) in [5.74, 6) is 0. The number of rotatable bonds is 3. The number of halogens is 1. The summed E-state index contributed by atoms with van der Waals surface area (Å²) in [5, 5.41) is 0. The fraction of sp³-hybridized carbons (Fsp3) is 0.200. The van der Waals surface area contributed by atoms with E-state index in [9.17, 15) is 0 Å². The van der Waals surface area contributed by atoms with Gasteiger partial charge in [-0.15, -0.1) is 0 Å². The second-order valence-electron chi connectivity index (χ2n) is 1.06. The van der Waals surface area contributed by atoms with Crippen LogP contribution < -0.4 is 5.48 Å². The van der Waals surface area contributed by atoms with Crippen molar-refractivity contribution in [3.05, 3.63) is 23.3 Å². The van der Waals surface area contributed by atoms with Gasteiger partial charge in [-0.2, -0.15) is 0 Å². The third-order valence-corrected chi connectivity index (χ3v) is 1.06. The summed E-state index contributed by atoms with van der Waals surface area (Å²) in [6.45, 7) is 3.50. The van der Waals surface area contributed by atoms with Gasteiger partial charge in [0.2, 0.25) is 0 Å². The summed E-state index contributed by atoms with van der Waals surface area (Å²) >= 11 is 3.18. The van der Waals surface area contributed by atoms with E-state index in [4.69, 9.17) is 0 Å². The lowest BCUT2D eigenvalue weighted by molar-refractivity contribution is 0.128. The lowest BCUT2D eigenvalue weighted by Crippen LogP contribution is -2.00. The van der Waals surface area contributed by atoms with Crippen LogP contribution in [-0.2, 0) is 4.84 Å². The Labute approximate surface area is 57.3 Å². The van der Waals surface area contributed by atoms with Gasteiger partial charge in [0.05, 0.1) is 7.11 Å². The first-order valence-corrected chi connectivity index (χ1v) is 2.87. The highest BCUT2D eigenvalue weighted by molar-refractivity contribution is 9.11. The van der Waals surface area contributed by atoms with Crippen molar-refractivity contribution in [3.63, 3.8) is 0 Å². The van der Waals surface area contributed by atoms with Crippen LogP contribution in [0, 0.1) is 0 Å². The Morgan fingerprint density at radius 1 is 1.88 bits per heavy atom. The van der Waals surface area contributed by atoms with E-state index in [0.717, 1.165) is 4.48 Å². The third-order valence-electron chi connectivity index (χ3n) is 0.510. The van der Waals surface area contributed by atoms with Crippen LogP contribution in [0.3, 0.4) is 0 Å². The molecule has 8 heavy (non-hydrogen) atoms. The molecule has 0 rings (SSSR count). The van der Waals surface area contributed by atoms with Crippen molar-refractivity contribution in [2.75, 3.05) is 7.11 Å². The second-order valence-corrected chi connectivity index (χ2v) is 1.97. The molecule has 0 radical (unpaired) electrons. The van der Waals surface area contributed by atoms with Crippen molar-refractivity contribution in [2.24, 2.45) is 0 Å². The molecule has 0 spiro atoms. The molecule has 0 aliphatic rings. The Hall–Kier alpha value is -0.280. The van der Waals surface area contributed by atoms with Crippen molar-refractivity contribution in [2.45, 2.75) is 0 Å². The van der Waals surface area contributed by atoms with E-state index < -0.39 is 0 Å². The van der Waals surface area contributed by atoms with Crippen molar-refractivity contribution < 1.29 is 4.84 Å². The molecular weight excluding hydrogens is 170 g/mol. The molecule has 0 bridgehead atoms. The fourth-order valence-electron chi connectivity index (χ4n) is 0.174. The van der Waals surface area contributed by atoms with Gasteiger partial charge in [0.15, 0.2) is 0 Å². The molecule has 0 aromatic heterocycles. The number of hydroxylamine groups is 1. The number of nitrogens with one attached hydrogen (secondary N) is 1. The van der Waals surface area contributed by atoms with Gasteiger partial charge in [0.1, 0.15) is 0 Å². The normalized spacial score (nSPS) is 11.0. The topological polar surface area (TPSA) is 21.3 Å². The van der Waals surface area contributed by atoms with Crippen molar-refractivity contribution >= 4 is 15.9 Å². The quantitative estimate of drug-likeness (QED) is 0.523. The minimum atomic E-state index is 0.861. The monoisotopic (exact) mass is 177 g/mol. The van der Waals surface area contributed by atoms with E-state index in [-0.39, 0.29) is 0 Å². The van der Waals surface area contributed by atoms with E-state index >= 15 is 0 Å². The number of hydrogen-bond acceptors (Lipinski definition) is 2. The van der Waals surface area contributed by atoms with Crippen LogP contribution in [0.25, 0.3) is 0 Å². The first-order chi connectivity index (χ1) is 3.81. The summed E-state index contributed by atoms with van der Waals surface area (Å²) in [4.78, 5) is 4.51. The standard InChI is InChI=1S/C5H8BrNO/c1-3-5(6)4-7-8-2/h3-4,7H,1H2,2H3/b5-4+. The Balaban J connectivity index is 3.40. The molecule has 0 unspecified atom stereocenters. The van der Waals surface area contributed by atoms with E-state index in [2.05, 4.69) is 32.8 Å². The molecule has 0 aromatic carbocycles. The van der Waals surface area contributed by atoms with Gasteiger partial charge < -0.3 is 0 Å². The molecule has 0 atom stereocenters. The summed E-state index contributed by atoms with van der Waals surface area (Å²) in [6.07, 6.45) is 3.30. The lowest BCUT2D eigenvalue weighted by atomic mass is 10.6. The molecule has 0 fully saturated rings. The molecule has 0 aromatic rings. The molecule has 46 valence electrons. The van der Waals surface area contributed by atoms with Gasteiger partial charge >= 0.3 is 0 Å². The molecule has 0 aliphatic heterocycles. The molecule has 0 saturated heterocycles. The first kappa shape index (κ1) is 7.72. The SMILES string of the molecule is C=C/C(Br)=C\NOC. The largest absolute Gasteiger partial charge is 0.280 e. The van der Waals surface area contributed by atoms with Gasteiger partial charge in [0, 0.05) is 10.7 Å². The van der Waals surface area contributed by atoms with Gasteiger partial charge in [-0.1, -0.05) is 12.7 Å². The van der Waals surface area contributed by atoms with Gasteiger partial charge in [-0.25, -0.2) is 0 Å². The highest BCUT2D eigenvalue weighted by atomic mass is 79.9. The maximum Gasteiger partial charge on any atom is 0.0636 e. The average Bonchev–Trinajstić information content (AvgIpc) is 1.83. The van der Waals surface area contributed by atoms with Crippen LogP contribution >= 0.6 is 15.9 Å². The first-order valence-electron chi connectivity index (χ1n) is 2.08. The smallest absolute Gasteiger partial charge is 0.0636 e. The van der Waals surface area contributed by atoms with Crippen LogP contribution in [0.5, 0.6) is 0 Å². The maximum atomic E-state index is 4.51. The highest BCUT2D eigenvalue weighted by Gasteiger charge is 1.76. The summed E-state index contributed by atoms with van der Waals surface area (Å²) in [7, 11) is 1.54. The zero-order valence-electron chi connectivity index (χ0n) is 4.65. The van der Waals surface area contributed by atoms with Crippen LogP contribution in [0.4, 0.5) is 0 Å². The van der Waals surface area contributed by atoms with Gasteiger partial charge in [0.25, 0.3) is 0 Å². The van der Waals surface area contributed by atoms with Crippen molar-refractivity contribution in [1.82, 2.24) is 5.48 Å². The second kappa shape index (κ2) is 4.87. The van der Waals surface area contributed by atoms with Crippen LogP contribution in [0.1, 0.15) is 0 Å². The average molecular weight is 178 g/mol. The Kier molecular flexibility index (Phi) is 4.70. The van der Waals surface area contributed by atoms with E-state index in [0.29, 0.717) is 0 Å². The van der Waals surface area contributed by atoms with Gasteiger partial charge in [-0.05, 0) is 15.9 Å². The highest BCUT2D eigenvalue weighted by Crippen LogP contribution is 2.01. The molecule has 0 aliphatic carbocycles. The predicted octanol–water partition coefficient (Wildman–Crippen LogP) is 1.56. The molecule has 0 heterocycles. The van der Waals surface area contributed by atoms with E-state index in [1.165, 1.54) is 0 Å². The Morgan fingerprint density at radius 2 is 2.50 bits per heavy atom. The van der Waals surface area contributed by atoms with E-state index in [1.54, 1.807) is 19.4 Å². The molecule has 1 N–H and O–H groups in total. The summed E-state index contributed by atoms with van der Waals surface area (Å²) in [5.41, 5.74) is 2.52. The van der Waals surface area contributed by atoms with Crippen LogP contribution in [0.2, 0.25) is 0 Å². The Morgan fingerprint density at radius 3 is 2.88 bits per heavy atom. The zero-order valence-corrected chi connectivity index (χ0v) is 6.23. The molecular formula is C5H8BrNO. The minimum absolute atomic E-state index is 0.861. The molecule has 3 heteroatoms. The van der Waals surface area contributed by atoms with Gasteiger partial charge in [-0.3, -0.25) is 10.3 Å². The Bertz CT molecular complexity index is 101. The predicted molar refractivity (Wildman–Crippen MR) is 37.4 cm³/mol. The number of allylic oxidation sites excluding steroid dienone is 2. The summed E-state index contributed by atoms with van der Waals surface area (Å²) in [6, 6.07) is 0. The molecule has 2 nitrogen and oxygen atoms in total. The third kappa shape index (κ3) is 3.89. The molecule has 0 amide bonds. The van der Waals surface area contributed by atoms with Crippen LogP contribution in [-0.4, -0.2) is 7.11 Å². The van der Waals surface area contributed by atoms with Crippen molar-refractivity contribution in [3.8, 4) is 0 Å². The molecule has 0 saturated carbocycles. The van der Waals surface area contributed by atoms with Crippen LogP contribution in [0.15, 0.2) is 23.3 Å². The van der Waals surface area contributed by atoms with Crippen molar-refractivity contribution in [1.29, 1.82) is 0 Å². The fourth-order valence-corrected chi connectivity index (χ4v) is 0.268. The van der Waals surface area contributed by atoms with E-state index in [1.807, 2.05) is 0 Å². The number of hydrogen-bond donors (Lipinski definition) is 1. The lowest BCUT2D eigenvalue weighted by Gasteiger charge is -1.92. The zero-order chi connectivity index (χ0) is 6.41. The minimum Gasteiger partial charge on any atom is -0.280 e.